The fourth-order valence-corrected chi connectivity index (χ4v) is 2.33. The molecule has 1 aromatic heterocycles. The summed E-state index contributed by atoms with van der Waals surface area (Å²) in [6.07, 6.45) is 3.91. The summed E-state index contributed by atoms with van der Waals surface area (Å²) >= 11 is 0. The molecule has 2 heterocycles. The number of rotatable bonds is 2. The topological polar surface area (TPSA) is 29.9 Å². The Balaban J connectivity index is 1.82. The van der Waals surface area contributed by atoms with Gasteiger partial charge in [-0.25, -0.2) is 4.68 Å². The summed E-state index contributed by atoms with van der Waals surface area (Å²) in [5, 5.41) is 8.07. The minimum absolute atomic E-state index is 0.826. The molecule has 2 aliphatic rings. The van der Waals surface area contributed by atoms with Crippen molar-refractivity contribution in [2.24, 2.45) is 11.8 Å². The molecular weight excluding hydrogens is 174 g/mol. The molecule has 3 rings (SSSR count). The number of hydrogen-bond acceptors (Lipinski definition) is 2. The fraction of sp³-hybridized carbons (Fsp3) is 0.727. The van der Waals surface area contributed by atoms with Crippen LogP contribution in [0.4, 0.5) is 5.82 Å². The number of nitrogens with one attached hydrogen (secondary N) is 1. The number of aryl methyl sites for hydroxylation is 1. The van der Waals surface area contributed by atoms with E-state index in [4.69, 9.17) is 0 Å². The monoisotopic (exact) mass is 191 g/mol. The van der Waals surface area contributed by atoms with Gasteiger partial charge in [0.05, 0.1) is 5.69 Å². The number of aromatic nitrogens is 2. The van der Waals surface area contributed by atoms with E-state index >= 15 is 0 Å². The highest BCUT2D eigenvalue weighted by atomic mass is 15.3. The van der Waals surface area contributed by atoms with Gasteiger partial charge in [0.25, 0.3) is 0 Å². The molecular formula is C11H17N3. The zero-order valence-corrected chi connectivity index (χ0v) is 8.66. The van der Waals surface area contributed by atoms with Crippen LogP contribution < -0.4 is 5.32 Å². The maximum atomic E-state index is 4.58. The van der Waals surface area contributed by atoms with Crippen molar-refractivity contribution in [3.05, 3.63) is 11.8 Å². The summed E-state index contributed by atoms with van der Waals surface area (Å²) in [6, 6.07) is 2.18. The smallest absolute Gasteiger partial charge is 0.124 e. The second-order valence-corrected chi connectivity index (χ2v) is 4.53. The van der Waals surface area contributed by atoms with Crippen molar-refractivity contribution in [2.75, 3.05) is 11.9 Å². The Morgan fingerprint density at radius 1 is 1.50 bits per heavy atom. The van der Waals surface area contributed by atoms with Crippen molar-refractivity contribution in [1.82, 2.24) is 9.78 Å². The van der Waals surface area contributed by atoms with E-state index < -0.39 is 0 Å². The number of nitrogens with zero attached hydrogens (tertiary/aromatic N) is 2. The van der Waals surface area contributed by atoms with Crippen LogP contribution in [0, 0.1) is 11.8 Å². The maximum Gasteiger partial charge on any atom is 0.124 e. The third-order valence-corrected chi connectivity index (χ3v) is 3.43. The summed E-state index contributed by atoms with van der Waals surface area (Å²) in [6.45, 7) is 4.44. The lowest BCUT2D eigenvalue weighted by molar-refractivity contribution is 0.372. The molecule has 1 fully saturated rings. The molecule has 1 aromatic rings. The Kier molecular flexibility index (Phi) is 1.79. The first-order valence-electron chi connectivity index (χ1n) is 5.67. The molecule has 0 bridgehead atoms. The highest BCUT2D eigenvalue weighted by Crippen LogP contribution is 2.39. The van der Waals surface area contributed by atoms with E-state index in [2.05, 4.69) is 28.1 Å². The molecule has 1 saturated carbocycles. The van der Waals surface area contributed by atoms with Crippen LogP contribution in [0.1, 0.15) is 25.5 Å². The van der Waals surface area contributed by atoms with Gasteiger partial charge in [-0.15, -0.1) is 0 Å². The predicted octanol–water partition coefficient (Wildman–Crippen LogP) is 1.90. The van der Waals surface area contributed by atoms with Gasteiger partial charge in [-0.2, -0.15) is 5.10 Å². The molecule has 76 valence electrons. The third kappa shape index (κ3) is 1.31. The summed E-state index contributed by atoms with van der Waals surface area (Å²) in [5.41, 5.74) is 1.21. The molecule has 0 aromatic carbocycles. The first kappa shape index (κ1) is 8.33. The van der Waals surface area contributed by atoms with Gasteiger partial charge in [0.1, 0.15) is 5.82 Å². The molecule has 3 heteroatoms. The lowest BCUT2D eigenvalue weighted by Crippen LogP contribution is -2.29. The van der Waals surface area contributed by atoms with Gasteiger partial charge < -0.3 is 5.32 Å². The van der Waals surface area contributed by atoms with E-state index in [0.717, 1.165) is 31.3 Å². The Hall–Kier alpha value is -0.990. The molecule has 1 unspecified atom stereocenters. The zero-order chi connectivity index (χ0) is 9.54. The molecule has 1 aliphatic heterocycles. The maximum absolute atomic E-state index is 4.58. The average molecular weight is 191 g/mol. The average Bonchev–Trinajstić information content (AvgIpc) is 2.97. The van der Waals surface area contributed by atoms with Gasteiger partial charge in [-0.3, -0.25) is 0 Å². The molecule has 0 spiro atoms. The molecule has 3 nitrogen and oxygen atoms in total. The van der Waals surface area contributed by atoms with Gasteiger partial charge in [-0.05, 0) is 31.1 Å². The highest BCUT2D eigenvalue weighted by molar-refractivity contribution is 5.38. The first-order chi connectivity index (χ1) is 6.86. The van der Waals surface area contributed by atoms with Crippen LogP contribution in [-0.2, 0) is 13.0 Å². The molecule has 14 heavy (non-hydrogen) atoms. The quantitative estimate of drug-likeness (QED) is 0.773. The minimum Gasteiger partial charge on any atom is -0.370 e. The van der Waals surface area contributed by atoms with Gasteiger partial charge in [0.2, 0.25) is 0 Å². The normalized spacial score (nSPS) is 25.6. The van der Waals surface area contributed by atoms with Crippen LogP contribution >= 0.6 is 0 Å². The van der Waals surface area contributed by atoms with Crippen LogP contribution in [0.3, 0.4) is 0 Å². The Morgan fingerprint density at radius 2 is 2.36 bits per heavy atom. The van der Waals surface area contributed by atoms with E-state index in [1.54, 1.807) is 0 Å². The van der Waals surface area contributed by atoms with Crippen molar-refractivity contribution in [3.63, 3.8) is 0 Å². The molecule has 0 amide bonds. The fourth-order valence-electron chi connectivity index (χ4n) is 2.33. The minimum atomic E-state index is 0.826. The summed E-state index contributed by atoms with van der Waals surface area (Å²) < 4.78 is 2.16. The summed E-state index contributed by atoms with van der Waals surface area (Å²) in [5.74, 6) is 3.02. The Bertz CT molecular complexity index is 338. The molecule has 1 aliphatic carbocycles. The van der Waals surface area contributed by atoms with Gasteiger partial charge in [0, 0.05) is 19.2 Å². The molecule has 1 N–H and O–H groups in total. The summed E-state index contributed by atoms with van der Waals surface area (Å²) in [4.78, 5) is 0. The third-order valence-electron chi connectivity index (χ3n) is 3.43. The second-order valence-electron chi connectivity index (χ2n) is 4.53. The first-order valence-corrected chi connectivity index (χ1v) is 5.67. The molecule has 0 saturated heterocycles. The van der Waals surface area contributed by atoms with Crippen LogP contribution in [0.25, 0.3) is 0 Å². The van der Waals surface area contributed by atoms with Crippen molar-refractivity contribution >= 4 is 5.82 Å². The highest BCUT2D eigenvalue weighted by Gasteiger charge is 2.33. The van der Waals surface area contributed by atoms with Crippen LogP contribution in [-0.4, -0.2) is 16.3 Å². The predicted molar refractivity (Wildman–Crippen MR) is 56.3 cm³/mol. The van der Waals surface area contributed by atoms with E-state index in [1.807, 2.05) is 0 Å². The van der Waals surface area contributed by atoms with Gasteiger partial charge in [0.15, 0.2) is 0 Å². The number of anilines is 1. The SMILES string of the molecule is CCc1cc2n(n1)CC(C1CC1)CN2. The summed E-state index contributed by atoms with van der Waals surface area (Å²) in [7, 11) is 0. The number of fused-ring (bicyclic) bond motifs is 1. The lowest BCUT2D eigenvalue weighted by atomic mass is 10.0. The van der Waals surface area contributed by atoms with Crippen molar-refractivity contribution in [3.8, 4) is 0 Å². The van der Waals surface area contributed by atoms with Crippen LogP contribution in [0.5, 0.6) is 0 Å². The van der Waals surface area contributed by atoms with Crippen LogP contribution in [0.15, 0.2) is 6.07 Å². The van der Waals surface area contributed by atoms with Crippen molar-refractivity contribution < 1.29 is 0 Å². The second kappa shape index (κ2) is 3.01. The van der Waals surface area contributed by atoms with E-state index in [-0.39, 0.29) is 0 Å². The lowest BCUT2D eigenvalue weighted by Gasteiger charge is -2.24. The Labute approximate surface area is 84.5 Å². The Morgan fingerprint density at radius 3 is 3.07 bits per heavy atom. The van der Waals surface area contributed by atoms with Crippen LogP contribution in [0.2, 0.25) is 0 Å². The van der Waals surface area contributed by atoms with E-state index in [9.17, 15) is 0 Å². The molecule has 1 atom stereocenters. The van der Waals surface area contributed by atoms with Crippen molar-refractivity contribution in [2.45, 2.75) is 32.7 Å². The van der Waals surface area contributed by atoms with E-state index in [1.165, 1.54) is 24.4 Å². The largest absolute Gasteiger partial charge is 0.370 e. The van der Waals surface area contributed by atoms with Gasteiger partial charge >= 0.3 is 0 Å². The zero-order valence-electron chi connectivity index (χ0n) is 8.66. The standard InChI is InChI=1S/C11H17N3/c1-2-10-5-11-12-6-9(8-3-4-8)7-14(11)13-10/h5,8-9,12H,2-4,6-7H2,1H3. The van der Waals surface area contributed by atoms with Gasteiger partial charge in [-0.1, -0.05) is 6.92 Å². The number of hydrogen-bond donors (Lipinski definition) is 1. The van der Waals surface area contributed by atoms with Crippen molar-refractivity contribution in [1.29, 1.82) is 0 Å². The molecule has 0 radical (unpaired) electrons. The van der Waals surface area contributed by atoms with E-state index in [0.29, 0.717) is 0 Å².